The molecule has 1 aromatic carbocycles. The van der Waals surface area contributed by atoms with Crippen LogP contribution in [0.1, 0.15) is 52.0 Å². The molecular weight excluding hydrogens is 284 g/mol. The average Bonchev–Trinajstić information content (AvgIpc) is 2.68. The van der Waals surface area contributed by atoms with Gasteiger partial charge >= 0.3 is 0 Å². The molecule has 2 heteroatoms. The van der Waals surface area contributed by atoms with Crippen molar-refractivity contribution in [1.29, 1.82) is 0 Å². The second-order valence-electron chi connectivity index (χ2n) is 7.71. The van der Waals surface area contributed by atoms with Crippen LogP contribution in [0, 0.1) is 17.3 Å². The van der Waals surface area contributed by atoms with Gasteiger partial charge < -0.3 is 4.74 Å². The third-order valence-electron chi connectivity index (χ3n) is 5.76. The summed E-state index contributed by atoms with van der Waals surface area (Å²) in [6, 6.07) is 10.4. The van der Waals surface area contributed by atoms with Gasteiger partial charge in [-0.05, 0) is 42.2 Å². The molecule has 23 heavy (non-hydrogen) atoms. The molecule has 2 nitrogen and oxygen atoms in total. The first-order chi connectivity index (χ1) is 11.0. The smallest absolute Gasteiger partial charge is 0.159 e. The summed E-state index contributed by atoms with van der Waals surface area (Å²) in [7, 11) is 0. The van der Waals surface area contributed by atoms with Gasteiger partial charge in [0.1, 0.15) is 0 Å². The van der Waals surface area contributed by atoms with E-state index in [9.17, 15) is 4.79 Å². The van der Waals surface area contributed by atoms with Crippen molar-refractivity contribution in [2.24, 2.45) is 17.3 Å². The van der Waals surface area contributed by atoms with Crippen LogP contribution in [0.5, 0.6) is 0 Å². The molecular formula is C21H28O2. The molecule has 0 bridgehead atoms. The Morgan fingerprint density at radius 1 is 1.26 bits per heavy atom. The Labute approximate surface area is 139 Å². The molecule has 2 aliphatic carbocycles. The molecule has 2 aliphatic rings. The molecule has 1 fully saturated rings. The number of ketones is 1. The lowest BCUT2D eigenvalue weighted by Gasteiger charge is -2.36. The first-order valence-electron chi connectivity index (χ1n) is 8.90. The minimum atomic E-state index is -0.0108. The summed E-state index contributed by atoms with van der Waals surface area (Å²) < 4.78 is 6.24. The Hall–Kier alpha value is -1.41. The third kappa shape index (κ3) is 3.28. The third-order valence-corrected chi connectivity index (χ3v) is 5.76. The van der Waals surface area contributed by atoms with Crippen LogP contribution in [0.3, 0.4) is 0 Å². The zero-order valence-electron chi connectivity index (χ0n) is 14.5. The summed E-state index contributed by atoms with van der Waals surface area (Å²) in [6.45, 7) is 7.45. The van der Waals surface area contributed by atoms with Crippen molar-refractivity contribution in [3.05, 3.63) is 47.5 Å². The number of rotatable bonds is 4. The van der Waals surface area contributed by atoms with Gasteiger partial charge in [-0.15, -0.1) is 0 Å². The highest BCUT2D eigenvalue weighted by molar-refractivity contribution is 5.99. The summed E-state index contributed by atoms with van der Waals surface area (Å²) in [5.74, 6) is 1.35. The largest absolute Gasteiger partial charge is 0.373 e. The number of benzene rings is 1. The highest BCUT2D eigenvalue weighted by Crippen LogP contribution is 2.53. The molecule has 124 valence electrons. The van der Waals surface area contributed by atoms with E-state index < -0.39 is 0 Å². The Bertz CT molecular complexity index is 587. The van der Waals surface area contributed by atoms with Gasteiger partial charge in [0.05, 0.1) is 12.7 Å². The van der Waals surface area contributed by atoms with Gasteiger partial charge in [-0.25, -0.2) is 0 Å². The van der Waals surface area contributed by atoms with Crippen molar-refractivity contribution in [2.75, 3.05) is 0 Å². The second kappa shape index (κ2) is 6.60. The summed E-state index contributed by atoms with van der Waals surface area (Å²) >= 11 is 0. The van der Waals surface area contributed by atoms with Gasteiger partial charge in [-0.1, -0.05) is 57.2 Å². The van der Waals surface area contributed by atoms with Gasteiger partial charge in [0.15, 0.2) is 5.78 Å². The first kappa shape index (κ1) is 16.4. The fourth-order valence-corrected chi connectivity index (χ4v) is 4.55. The number of carbonyl (C=O) groups excluding carboxylic acids is 1. The molecule has 3 atom stereocenters. The van der Waals surface area contributed by atoms with Gasteiger partial charge in [-0.3, -0.25) is 4.79 Å². The molecule has 1 saturated carbocycles. The zero-order valence-corrected chi connectivity index (χ0v) is 14.5. The van der Waals surface area contributed by atoms with E-state index in [1.807, 2.05) is 6.07 Å². The van der Waals surface area contributed by atoms with E-state index in [-0.39, 0.29) is 11.5 Å². The van der Waals surface area contributed by atoms with Crippen LogP contribution in [0.15, 0.2) is 42.0 Å². The normalized spacial score (nSPS) is 31.0. The van der Waals surface area contributed by atoms with Crippen LogP contribution >= 0.6 is 0 Å². The first-order valence-corrected chi connectivity index (χ1v) is 8.90. The highest BCUT2D eigenvalue weighted by atomic mass is 16.5. The molecule has 0 amide bonds. The molecule has 0 N–H and O–H groups in total. The number of hydrogen-bond donors (Lipinski definition) is 0. The van der Waals surface area contributed by atoms with Crippen molar-refractivity contribution in [1.82, 2.24) is 0 Å². The molecule has 3 rings (SSSR count). The number of Topliss-reactive ketones (excluding diaryl/α,β-unsaturated/α-hetero) is 1. The Morgan fingerprint density at radius 2 is 2.00 bits per heavy atom. The van der Waals surface area contributed by atoms with Crippen LogP contribution in [0.2, 0.25) is 0 Å². The van der Waals surface area contributed by atoms with E-state index in [4.69, 9.17) is 4.74 Å². The van der Waals surface area contributed by atoms with Gasteiger partial charge in [0.25, 0.3) is 0 Å². The van der Waals surface area contributed by atoms with Gasteiger partial charge in [-0.2, -0.15) is 0 Å². The van der Waals surface area contributed by atoms with E-state index in [2.05, 4.69) is 51.1 Å². The highest BCUT2D eigenvalue weighted by Gasteiger charge is 2.50. The zero-order chi connectivity index (χ0) is 16.4. The molecule has 0 aromatic heterocycles. The monoisotopic (exact) mass is 312 g/mol. The molecule has 0 spiro atoms. The molecule has 1 aromatic rings. The minimum absolute atomic E-state index is 0.0108. The van der Waals surface area contributed by atoms with E-state index in [0.717, 1.165) is 24.8 Å². The second-order valence-corrected chi connectivity index (χ2v) is 7.71. The SMILES string of the molecule is CC(C)[C@H]1CC(=O)C2=CCC[C@H](OCc3ccccc3)C[C@@]21C. The van der Waals surface area contributed by atoms with Crippen LogP contribution in [0.25, 0.3) is 0 Å². The summed E-state index contributed by atoms with van der Waals surface area (Å²) in [5.41, 5.74) is 2.29. The standard InChI is InChI=1S/C21H28O2/c1-15(2)19-12-20(22)18-11-7-10-17(13-21(18,19)3)23-14-16-8-5-4-6-9-16/h4-6,8-9,11,15,17,19H,7,10,12-14H2,1-3H3/t17-,19+,21-/m0/s1. The van der Waals surface area contributed by atoms with Gasteiger partial charge in [0, 0.05) is 11.8 Å². The van der Waals surface area contributed by atoms with Crippen molar-refractivity contribution < 1.29 is 9.53 Å². The maximum Gasteiger partial charge on any atom is 0.159 e. The summed E-state index contributed by atoms with van der Waals surface area (Å²) in [4.78, 5) is 12.5. The lowest BCUT2D eigenvalue weighted by Crippen LogP contribution is -2.31. The molecule has 0 unspecified atom stereocenters. The van der Waals surface area contributed by atoms with Crippen molar-refractivity contribution in [3.8, 4) is 0 Å². The fourth-order valence-electron chi connectivity index (χ4n) is 4.55. The minimum Gasteiger partial charge on any atom is -0.373 e. The maximum atomic E-state index is 12.5. The van der Waals surface area contributed by atoms with Crippen LogP contribution in [0.4, 0.5) is 0 Å². The van der Waals surface area contributed by atoms with E-state index in [0.29, 0.717) is 30.6 Å². The van der Waals surface area contributed by atoms with Crippen LogP contribution < -0.4 is 0 Å². The Kier molecular flexibility index (Phi) is 4.72. The van der Waals surface area contributed by atoms with Crippen molar-refractivity contribution >= 4 is 5.78 Å². The maximum absolute atomic E-state index is 12.5. The molecule has 0 saturated heterocycles. The quantitative estimate of drug-likeness (QED) is 0.787. The van der Waals surface area contributed by atoms with Crippen molar-refractivity contribution in [3.63, 3.8) is 0 Å². The Balaban J connectivity index is 1.73. The molecule has 0 heterocycles. The Morgan fingerprint density at radius 3 is 2.70 bits per heavy atom. The number of fused-ring (bicyclic) bond motifs is 1. The number of ether oxygens (including phenoxy) is 1. The summed E-state index contributed by atoms with van der Waals surface area (Å²) in [6.07, 6.45) is 6.11. The van der Waals surface area contributed by atoms with Gasteiger partial charge in [0.2, 0.25) is 0 Å². The number of hydrogen-bond acceptors (Lipinski definition) is 2. The predicted molar refractivity (Wildman–Crippen MR) is 93.0 cm³/mol. The molecule has 0 radical (unpaired) electrons. The number of allylic oxidation sites excluding steroid dienone is 2. The number of carbonyl (C=O) groups is 1. The van der Waals surface area contributed by atoms with E-state index >= 15 is 0 Å². The predicted octanol–water partition coefficient (Wildman–Crippen LogP) is 4.93. The summed E-state index contributed by atoms with van der Waals surface area (Å²) in [5, 5.41) is 0. The lowest BCUT2D eigenvalue weighted by atomic mass is 9.69. The van der Waals surface area contributed by atoms with E-state index in [1.54, 1.807) is 0 Å². The van der Waals surface area contributed by atoms with Crippen molar-refractivity contribution in [2.45, 2.75) is 59.2 Å². The molecule has 0 aliphatic heterocycles. The van der Waals surface area contributed by atoms with E-state index in [1.165, 1.54) is 5.56 Å². The fraction of sp³-hybridized carbons (Fsp3) is 0.571. The topological polar surface area (TPSA) is 26.3 Å². The average molecular weight is 312 g/mol. The van der Waals surface area contributed by atoms with Crippen LogP contribution in [-0.4, -0.2) is 11.9 Å². The van der Waals surface area contributed by atoms with Crippen LogP contribution in [-0.2, 0) is 16.1 Å². The lowest BCUT2D eigenvalue weighted by molar-refractivity contribution is -0.115.